The number of hydrogen-bond donors (Lipinski definition) is 2. The highest BCUT2D eigenvalue weighted by Gasteiger charge is 2.24. The summed E-state index contributed by atoms with van der Waals surface area (Å²) in [4.78, 5) is 27.8. The van der Waals surface area contributed by atoms with Gasteiger partial charge in [-0.25, -0.2) is 4.79 Å². The van der Waals surface area contributed by atoms with Gasteiger partial charge < -0.3 is 19.7 Å². The number of hydrogen-bond acceptors (Lipinski definition) is 6. The molecule has 1 aliphatic rings. The molecule has 0 unspecified atom stereocenters. The molecule has 0 amide bonds. The van der Waals surface area contributed by atoms with E-state index in [1.54, 1.807) is 13.8 Å². The lowest BCUT2D eigenvalue weighted by Gasteiger charge is -2.18. The molecule has 150 valence electrons. The number of aliphatic imine (C=N–C) groups is 1. The molecule has 1 heterocycles. The Morgan fingerprint density at radius 1 is 1.21 bits per heavy atom. The highest BCUT2D eigenvalue weighted by Crippen LogP contribution is 2.33. The maximum atomic E-state index is 12.7. The van der Waals surface area contributed by atoms with Crippen LogP contribution in [-0.4, -0.2) is 40.8 Å². The minimum Gasteiger partial charge on any atom is -0.508 e. The van der Waals surface area contributed by atoms with E-state index in [1.165, 1.54) is 0 Å². The summed E-state index contributed by atoms with van der Waals surface area (Å²) >= 11 is 0. The fraction of sp³-hybridized carbons (Fsp3) is 0.409. The Labute approximate surface area is 165 Å². The van der Waals surface area contributed by atoms with E-state index >= 15 is 0 Å². The largest absolute Gasteiger partial charge is 0.508 e. The van der Waals surface area contributed by atoms with Gasteiger partial charge in [-0.3, -0.25) is 4.99 Å². The van der Waals surface area contributed by atoms with E-state index in [4.69, 9.17) is 4.74 Å². The van der Waals surface area contributed by atoms with Crippen LogP contribution in [0.2, 0.25) is 0 Å². The normalized spacial score (nSPS) is 22.0. The molecular weight excluding hydrogens is 358 g/mol. The smallest absolute Gasteiger partial charge is 0.342 e. The summed E-state index contributed by atoms with van der Waals surface area (Å²) < 4.78 is 5.50. The first-order chi connectivity index (χ1) is 13.4. The fourth-order valence-corrected chi connectivity index (χ4v) is 2.97. The second-order valence-corrected chi connectivity index (χ2v) is 6.80. The van der Waals surface area contributed by atoms with Gasteiger partial charge in [-0.05, 0) is 43.9 Å². The van der Waals surface area contributed by atoms with E-state index < -0.39 is 5.97 Å². The number of fused-ring (bicyclic) bond motifs is 1. The lowest BCUT2D eigenvalue weighted by atomic mass is 9.94. The van der Waals surface area contributed by atoms with Crippen LogP contribution in [0.15, 0.2) is 35.4 Å². The minimum absolute atomic E-state index is 0.0414. The third kappa shape index (κ3) is 5.81. The lowest BCUT2D eigenvalue weighted by molar-refractivity contribution is -0.107. The molecule has 28 heavy (non-hydrogen) atoms. The van der Waals surface area contributed by atoms with Crippen molar-refractivity contribution in [2.45, 2.75) is 52.1 Å². The second-order valence-electron chi connectivity index (χ2n) is 6.80. The maximum absolute atomic E-state index is 12.7. The SMILES string of the molecule is Cc1c(O)cc(O)c2c1CC(=NCCC=O)/C=C/CC/C=C/C[C@@H](C)OC2=O. The predicted octanol–water partition coefficient (Wildman–Crippen LogP) is 3.82. The first-order valence-electron chi connectivity index (χ1n) is 9.48. The molecule has 0 fully saturated rings. The number of carbonyl (C=O) groups excluding carboxylic acids is 2. The molecule has 0 bridgehead atoms. The zero-order valence-corrected chi connectivity index (χ0v) is 16.4. The zero-order chi connectivity index (χ0) is 20.5. The highest BCUT2D eigenvalue weighted by atomic mass is 16.5. The van der Waals surface area contributed by atoms with Gasteiger partial charge in [0, 0.05) is 37.6 Å². The molecule has 0 radical (unpaired) electrons. The van der Waals surface area contributed by atoms with Crippen molar-refractivity contribution in [1.29, 1.82) is 0 Å². The average molecular weight is 385 g/mol. The monoisotopic (exact) mass is 385 g/mol. The topological polar surface area (TPSA) is 96.2 Å². The molecule has 1 atom stereocenters. The van der Waals surface area contributed by atoms with E-state index in [0.29, 0.717) is 36.2 Å². The number of aromatic hydroxyl groups is 2. The Morgan fingerprint density at radius 3 is 2.71 bits per heavy atom. The molecule has 1 aromatic rings. The van der Waals surface area contributed by atoms with Crippen molar-refractivity contribution in [3.05, 3.63) is 47.1 Å². The van der Waals surface area contributed by atoms with Crippen LogP contribution in [0.25, 0.3) is 0 Å². The third-order valence-electron chi connectivity index (χ3n) is 4.55. The van der Waals surface area contributed by atoms with E-state index in [0.717, 1.165) is 25.2 Å². The van der Waals surface area contributed by atoms with Gasteiger partial charge in [0.25, 0.3) is 0 Å². The number of aldehydes is 1. The summed E-state index contributed by atoms with van der Waals surface area (Å²) in [5, 5.41) is 20.5. The molecular formula is C22H27NO5. The van der Waals surface area contributed by atoms with Crippen molar-refractivity contribution in [3.63, 3.8) is 0 Å². The fourth-order valence-electron chi connectivity index (χ4n) is 2.97. The number of cyclic esters (lactones) is 1. The van der Waals surface area contributed by atoms with E-state index in [-0.39, 0.29) is 29.6 Å². The van der Waals surface area contributed by atoms with Gasteiger partial charge in [-0.15, -0.1) is 0 Å². The molecule has 2 N–H and O–H groups in total. The average Bonchev–Trinajstić information content (AvgIpc) is 2.64. The van der Waals surface area contributed by atoms with Crippen LogP contribution in [0.3, 0.4) is 0 Å². The summed E-state index contributed by atoms with van der Waals surface area (Å²) in [7, 11) is 0. The number of phenols is 2. The standard InChI is InChI=1S/C22H27NO5/c1-15-9-6-4-3-5-7-10-17(23-11-8-12-24)13-18-16(2)19(25)14-20(26)21(18)22(27)28-15/h4,6-7,10,12,14-15,25-26H,3,5,8-9,11,13H2,1-2H3/b6-4+,10-7+,23-17?/t15-/m1/s1. The molecule has 0 spiro atoms. The van der Waals surface area contributed by atoms with E-state index in [1.807, 2.05) is 24.3 Å². The molecule has 6 heteroatoms. The zero-order valence-electron chi connectivity index (χ0n) is 16.4. The van der Waals surface area contributed by atoms with Crippen LogP contribution in [-0.2, 0) is 16.0 Å². The summed E-state index contributed by atoms with van der Waals surface area (Å²) in [6, 6.07) is 1.15. The van der Waals surface area contributed by atoms with Gasteiger partial charge in [0.15, 0.2) is 0 Å². The van der Waals surface area contributed by atoms with Crippen LogP contribution < -0.4 is 0 Å². The van der Waals surface area contributed by atoms with E-state index in [9.17, 15) is 19.8 Å². The number of esters is 1. The first kappa shape index (κ1) is 21.4. The van der Waals surface area contributed by atoms with Crippen LogP contribution in [0.5, 0.6) is 11.5 Å². The molecule has 0 aliphatic carbocycles. The van der Waals surface area contributed by atoms with Crippen molar-refractivity contribution in [2.24, 2.45) is 4.99 Å². The quantitative estimate of drug-likeness (QED) is 0.357. The van der Waals surface area contributed by atoms with Gasteiger partial charge in [0.05, 0.1) is 0 Å². The number of carbonyl (C=O) groups is 2. The summed E-state index contributed by atoms with van der Waals surface area (Å²) in [6.45, 7) is 3.82. The summed E-state index contributed by atoms with van der Waals surface area (Å²) in [5.74, 6) is -1.06. The van der Waals surface area contributed by atoms with Crippen molar-refractivity contribution in [1.82, 2.24) is 0 Å². The number of benzene rings is 1. The lowest BCUT2D eigenvalue weighted by Crippen LogP contribution is -2.18. The van der Waals surface area contributed by atoms with Crippen molar-refractivity contribution in [3.8, 4) is 11.5 Å². The maximum Gasteiger partial charge on any atom is 0.342 e. The van der Waals surface area contributed by atoms with Gasteiger partial charge in [0.1, 0.15) is 29.5 Å². The molecule has 6 nitrogen and oxygen atoms in total. The van der Waals surface area contributed by atoms with Crippen molar-refractivity contribution in [2.75, 3.05) is 6.54 Å². The number of rotatable bonds is 3. The number of phenolic OH excluding ortho intramolecular Hbond substituents is 2. The van der Waals surface area contributed by atoms with Gasteiger partial charge >= 0.3 is 5.97 Å². The highest BCUT2D eigenvalue weighted by molar-refractivity contribution is 6.01. The first-order valence-corrected chi connectivity index (χ1v) is 9.48. The molecule has 2 rings (SSSR count). The third-order valence-corrected chi connectivity index (χ3v) is 4.55. The van der Waals surface area contributed by atoms with Gasteiger partial charge in [-0.2, -0.15) is 0 Å². The minimum atomic E-state index is -0.634. The Kier molecular flexibility index (Phi) is 7.99. The van der Waals surface area contributed by atoms with Crippen LogP contribution in [0.4, 0.5) is 0 Å². The number of nitrogens with zero attached hydrogens (tertiary/aromatic N) is 1. The number of ether oxygens (including phenoxy) is 1. The van der Waals surface area contributed by atoms with Crippen molar-refractivity contribution < 1.29 is 24.5 Å². The van der Waals surface area contributed by atoms with Gasteiger partial charge in [-0.1, -0.05) is 18.2 Å². The molecule has 1 aromatic carbocycles. The summed E-state index contributed by atoms with van der Waals surface area (Å²) in [6.07, 6.45) is 11.1. The Morgan fingerprint density at radius 2 is 1.96 bits per heavy atom. The van der Waals surface area contributed by atoms with E-state index in [2.05, 4.69) is 4.99 Å². The van der Waals surface area contributed by atoms with Crippen LogP contribution in [0.1, 0.15) is 54.1 Å². The Hall–Kier alpha value is -2.89. The molecule has 0 saturated carbocycles. The number of allylic oxidation sites excluding steroid dienone is 3. The molecule has 0 aromatic heterocycles. The Bertz CT molecular complexity index is 808. The van der Waals surface area contributed by atoms with Crippen LogP contribution >= 0.6 is 0 Å². The molecule has 0 saturated heterocycles. The second kappa shape index (κ2) is 10.4. The summed E-state index contributed by atoms with van der Waals surface area (Å²) in [5.41, 5.74) is 1.66. The van der Waals surface area contributed by atoms with Crippen LogP contribution in [0, 0.1) is 6.92 Å². The molecule has 1 aliphatic heterocycles. The predicted molar refractivity (Wildman–Crippen MR) is 108 cm³/mol. The Balaban J connectivity index is 2.53. The van der Waals surface area contributed by atoms with Crippen molar-refractivity contribution >= 4 is 18.0 Å². The van der Waals surface area contributed by atoms with Gasteiger partial charge in [0.2, 0.25) is 0 Å².